The molecule has 3 aromatic carbocycles. The van der Waals surface area contributed by atoms with Crippen LogP contribution in [0, 0.1) is 0 Å². The SMILES string of the molecule is CC[NH+]=CC(=CN)c1ccc2c(c1)CC(C)N(c1ccc(C3CC3)cc1)C2c1ccc(/C=C/C(=O)OC)cc1. The Labute approximate surface area is 231 Å². The Hall–Kier alpha value is -4.12. The van der Waals surface area contributed by atoms with E-state index in [2.05, 4.69) is 90.5 Å². The van der Waals surface area contributed by atoms with E-state index in [0.717, 1.165) is 35.6 Å². The van der Waals surface area contributed by atoms with Gasteiger partial charge in [-0.05, 0) is 90.6 Å². The van der Waals surface area contributed by atoms with Crippen molar-refractivity contribution in [2.75, 3.05) is 18.6 Å². The van der Waals surface area contributed by atoms with Gasteiger partial charge in [0.05, 0.1) is 18.7 Å². The number of rotatable bonds is 8. The van der Waals surface area contributed by atoms with Gasteiger partial charge in [-0.2, -0.15) is 0 Å². The van der Waals surface area contributed by atoms with Crippen LogP contribution in [0.15, 0.2) is 79.0 Å². The first-order chi connectivity index (χ1) is 19.0. The first-order valence-corrected chi connectivity index (χ1v) is 13.9. The molecule has 1 heterocycles. The number of methoxy groups -OCH3 is 1. The van der Waals surface area contributed by atoms with E-state index >= 15 is 0 Å². The van der Waals surface area contributed by atoms with E-state index in [-0.39, 0.29) is 12.0 Å². The van der Waals surface area contributed by atoms with Gasteiger partial charge in [-0.15, -0.1) is 0 Å². The Bertz CT molecular complexity index is 1400. The van der Waals surface area contributed by atoms with Crippen LogP contribution in [-0.2, 0) is 16.0 Å². The summed E-state index contributed by atoms with van der Waals surface area (Å²) in [7, 11) is 1.39. The van der Waals surface area contributed by atoms with Crippen LogP contribution in [0.25, 0.3) is 11.6 Å². The molecule has 200 valence electrons. The van der Waals surface area contributed by atoms with E-state index in [4.69, 9.17) is 10.5 Å². The molecule has 39 heavy (non-hydrogen) atoms. The highest BCUT2D eigenvalue weighted by atomic mass is 16.5. The summed E-state index contributed by atoms with van der Waals surface area (Å²) < 4.78 is 4.74. The van der Waals surface area contributed by atoms with E-state index < -0.39 is 0 Å². The number of hydrogen-bond acceptors (Lipinski definition) is 4. The number of esters is 1. The van der Waals surface area contributed by atoms with Crippen molar-refractivity contribution >= 4 is 29.5 Å². The lowest BCUT2D eigenvalue weighted by Crippen LogP contribution is -2.68. The molecule has 0 radical (unpaired) electrons. The number of nitrogens with one attached hydrogen (secondary N) is 1. The van der Waals surface area contributed by atoms with Gasteiger partial charge in [-0.25, -0.2) is 9.79 Å². The summed E-state index contributed by atoms with van der Waals surface area (Å²) in [5.74, 6) is 0.380. The molecule has 1 aliphatic heterocycles. The van der Waals surface area contributed by atoms with Gasteiger partial charge in [-0.3, -0.25) is 0 Å². The van der Waals surface area contributed by atoms with Crippen molar-refractivity contribution in [3.63, 3.8) is 0 Å². The number of hydrogen-bond donors (Lipinski definition) is 2. The minimum atomic E-state index is -0.358. The molecule has 3 N–H and O–H groups in total. The molecule has 2 atom stereocenters. The van der Waals surface area contributed by atoms with Gasteiger partial charge in [0.25, 0.3) is 0 Å². The van der Waals surface area contributed by atoms with Crippen molar-refractivity contribution in [2.45, 2.75) is 51.1 Å². The highest BCUT2D eigenvalue weighted by Crippen LogP contribution is 2.44. The highest BCUT2D eigenvalue weighted by Gasteiger charge is 2.34. The monoisotopic (exact) mass is 520 g/mol. The molecule has 0 aromatic heterocycles. The number of carbonyl (C=O) groups excluding carboxylic acids is 1. The summed E-state index contributed by atoms with van der Waals surface area (Å²) in [5, 5.41) is 0. The zero-order valence-corrected chi connectivity index (χ0v) is 23.1. The van der Waals surface area contributed by atoms with Crippen LogP contribution < -0.4 is 15.6 Å². The average molecular weight is 521 g/mol. The average Bonchev–Trinajstić information content (AvgIpc) is 3.82. The predicted octanol–water partition coefficient (Wildman–Crippen LogP) is 4.76. The van der Waals surface area contributed by atoms with Gasteiger partial charge in [0, 0.05) is 24.0 Å². The molecular formula is C34H38N3O2+. The van der Waals surface area contributed by atoms with E-state index in [1.807, 2.05) is 6.21 Å². The van der Waals surface area contributed by atoms with Crippen molar-refractivity contribution in [1.29, 1.82) is 0 Å². The smallest absolute Gasteiger partial charge is 0.330 e. The van der Waals surface area contributed by atoms with Crippen LogP contribution in [0.3, 0.4) is 0 Å². The van der Waals surface area contributed by atoms with Gasteiger partial charge in [0.2, 0.25) is 0 Å². The summed E-state index contributed by atoms with van der Waals surface area (Å²) in [6.07, 6.45) is 10.5. The quantitative estimate of drug-likeness (QED) is 0.255. The molecule has 1 fully saturated rings. The summed E-state index contributed by atoms with van der Waals surface area (Å²) in [5.41, 5.74) is 15.6. The van der Waals surface area contributed by atoms with Crippen LogP contribution in [0.1, 0.15) is 72.0 Å². The summed E-state index contributed by atoms with van der Waals surface area (Å²) in [4.78, 5) is 17.4. The maximum Gasteiger partial charge on any atom is 0.330 e. The first-order valence-electron chi connectivity index (χ1n) is 13.9. The maximum atomic E-state index is 11.6. The molecule has 0 amide bonds. The van der Waals surface area contributed by atoms with Gasteiger partial charge in [0.15, 0.2) is 6.21 Å². The van der Waals surface area contributed by atoms with Gasteiger partial charge in [0.1, 0.15) is 6.54 Å². The number of carbonyl (C=O) groups is 1. The Balaban J connectivity index is 1.56. The van der Waals surface area contributed by atoms with Gasteiger partial charge in [-0.1, -0.05) is 54.6 Å². The lowest BCUT2D eigenvalue weighted by atomic mass is 9.83. The van der Waals surface area contributed by atoms with Crippen LogP contribution in [-0.4, -0.2) is 31.9 Å². The Morgan fingerprint density at radius 3 is 2.41 bits per heavy atom. The lowest BCUT2D eigenvalue weighted by molar-refractivity contribution is -0.445. The lowest BCUT2D eigenvalue weighted by Gasteiger charge is -2.44. The molecule has 0 saturated heterocycles. The molecule has 5 nitrogen and oxygen atoms in total. The Morgan fingerprint density at radius 1 is 1.05 bits per heavy atom. The molecule has 2 unspecified atom stereocenters. The zero-order valence-electron chi connectivity index (χ0n) is 23.1. The molecule has 0 spiro atoms. The first kappa shape index (κ1) is 26.5. The van der Waals surface area contributed by atoms with E-state index in [1.165, 1.54) is 54.0 Å². The number of fused-ring (bicyclic) bond motifs is 1. The minimum absolute atomic E-state index is 0.0614. The standard InChI is InChI=1S/C34H37N3O2/c1-4-36-22-30(21-35)28-14-17-32-29(20-28)19-23(2)37(31-15-12-26(13-16-31)25-10-11-25)34(32)27-8-5-24(6-9-27)7-18-33(38)39-3/h5-9,12-18,20-23,25,34H,4,10-11,19,35H2,1-3H3/p+1/b18-7+,30-21?,36-22?. The normalized spacial score (nSPS) is 19.5. The van der Waals surface area contributed by atoms with Crippen molar-refractivity contribution in [3.05, 3.63) is 112 Å². The highest BCUT2D eigenvalue weighted by molar-refractivity contribution is 6.06. The number of ether oxygens (including phenoxy) is 1. The second kappa shape index (κ2) is 11.7. The molecule has 5 heteroatoms. The number of nitrogens with two attached hydrogens (primary N) is 1. The zero-order chi connectivity index (χ0) is 27.4. The molecule has 3 aromatic rings. The molecular weight excluding hydrogens is 482 g/mol. The van der Waals surface area contributed by atoms with Crippen molar-refractivity contribution in [3.8, 4) is 0 Å². The van der Waals surface area contributed by atoms with Crippen LogP contribution >= 0.6 is 0 Å². The number of anilines is 1. The third-order valence-electron chi connectivity index (χ3n) is 7.79. The number of benzene rings is 3. The third kappa shape index (κ3) is 5.83. The maximum absolute atomic E-state index is 11.6. The molecule has 1 saturated carbocycles. The minimum Gasteiger partial charge on any atom is -0.466 e. The topological polar surface area (TPSA) is 69.5 Å². The molecule has 5 rings (SSSR count). The van der Waals surface area contributed by atoms with Crippen molar-refractivity contribution < 1.29 is 14.5 Å². The van der Waals surface area contributed by atoms with E-state index in [1.54, 1.807) is 12.3 Å². The fourth-order valence-electron chi connectivity index (χ4n) is 5.59. The van der Waals surface area contributed by atoms with Crippen LogP contribution in [0.4, 0.5) is 5.69 Å². The van der Waals surface area contributed by atoms with Crippen molar-refractivity contribution in [2.24, 2.45) is 5.73 Å². The third-order valence-corrected chi connectivity index (χ3v) is 7.79. The summed E-state index contributed by atoms with van der Waals surface area (Å²) in [6.45, 7) is 5.24. The Morgan fingerprint density at radius 2 is 1.77 bits per heavy atom. The predicted molar refractivity (Wildman–Crippen MR) is 160 cm³/mol. The van der Waals surface area contributed by atoms with Crippen molar-refractivity contribution in [1.82, 2.24) is 0 Å². The summed E-state index contributed by atoms with van der Waals surface area (Å²) in [6, 6.07) is 24.8. The van der Waals surface area contributed by atoms with E-state index in [0.29, 0.717) is 6.04 Å². The molecule has 2 aliphatic rings. The van der Waals surface area contributed by atoms with Gasteiger partial charge >= 0.3 is 5.97 Å². The van der Waals surface area contributed by atoms with Crippen LogP contribution in [0.2, 0.25) is 0 Å². The second-order valence-electron chi connectivity index (χ2n) is 10.5. The number of nitrogens with zero attached hydrogens (tertiary/aromatic N) is 1. The number of allylic oxidation sites excluding steroid dienone is 1. The fourth-order valence-corrected chi connectivity index (χ4v) is 5.59. The summed E-state index contributed by atoms with van der Waals surface area (Å²) >= 11 is 0. The molecule has 1 aliphatic carbocycles. The van der Waals surface area contributed by atoms with Gasteiger partial charge < -0.3 is 15.4 Å². The second-order valence-corrected chi connectivity index (χ2v) is 10.5. The fraction of sp³-hybridized carbons (Fsp3) is 0.294. The Kier molecular flexibility index (Phi) is 7.97. The van der Waals surface area contributed by atoms with E-state index in [9.17, 15) is 4.79 Å². The largest absolute Gasteiger partial charge is 0.466 e. The molecule has 0 bridgehead atoms. The van der Waals surface area contributed by atoms with Crippen LogP contribution in [0.5, 0.6) is 0 Å².